The zero-order chi connectivity index (χ0) is 20.6. The molecule has 7 nitrogen and oxygen atoms in total. The summed E-state index contributed by atoms with van der Waals surface area (Å²) in [6.07, 6.45) is 2.99. The second-order valence-corrected chi connectivity index (χ2v) is 6.83. The number of aromatic amines is 1. The number of pyridine rings is 1. The van der Waals surface area contributed by atoms with E-state index in [4.69, 9.17) is 0 Å². The molecule has 0 aliphatic carbocycles. The summed E-state index contributed by atoms with van der Waals surface area (Å²) in [6, 6.07) is 11.7. The standard InChI is InChI=1S/C21H24FN5O2/c1-14(15-5-3-2-4-6-15)9-24-12-19(28)26-13-20(29)25-11-18-21(22)16-10-23-8-7-17(16)27-18/h2-8,10,14,24,27H,9,11-13H2,1H3,(H,25,29)(H,26,28). The van der Waals surface area contributed by atoms with Crippen molar-refractivity contribution in [2.24, 2.45) is 0 Å². The summed E-state index contributed by atoms with van der Waals surface area (Å²) < 4.78 is 14.2. The van der Waals surface area contributed by atoms with Crippen LogP contribution in [0.4, 0.5) is 4.39 Å². The van der Waals surface area contributed by atoms with Crippen LogP contribution < -0.4 is 16.0 Å². The Kier molecular flexibility index (Phi) is 6.91. The van der Waals surface area contributed by atoms with Gasteiger partial charge in [-0.25, -0.2) is 4.39 Å². The molecule has 0 fully saturated rings. The molecule has 152 valence electrons. The van der Waals surface area contributed by atoms with Crippen LogP contribution in [0.3, 0.4) is 0 Å². The number of nitrogens with one attached hydrogen (secondary N) is 4. The van der Waals surface area contributed by atoms with Crippen LogP contribution in [-0.2, 0) is 16.1 Å². The average Bonchev–Trinajstić information content (AvgIpc) is 3.07. The SMILES string of the molecule is CC(CNCC(=O)NCC(=O)NCc1[nH]c2ccncc2c1F)c1ccccc1. The summed E-state index contributed by atoms with van der Waals surface area (Å²) in [5.41, 5.74) is 2.08. The molecule has 4 N–H and O–H groups in total. The van der Waals surface area contributed by atoms with E-state index < -0.39 is 11.7 Å². The first-order valence-electron chi connectivity index (χ1n) is 9.43. The minimum atomic E-state index is -0.436. The Morgan fingerprint density at radius 1 is 1.10 bits per heavy atom. The molecule has 3 aromatic rings. The number of H-pyrrole nitrogens is 1. The number of carbonyl (C=O) groups is 2. The number of aromatic nitrogens is 2. The first kappa shape index (κ1) is 20.5. The molecule has 0 radical (unpaired) electrons. The first-order chi connectivity index (χ1) is 14.0. The minimum Gasteiger partial charge on any atom is -0.354 e. The molecule has 1 aromatic carbocycles. The molecule has 29 heavy (non-hydrogen) atoms. The number of rotatable bonds is 9. The van der Waals surface area contributed by atoms with Gasteiger partial charge >= 0.3 is 0 Å². The van der Waals surface area contributed by atoms with Gasteiger partial charge in [0.2, 0.25) is 11.8 Å². The highest BCUT2D eigenvalue weighted by atomic mass is 19.1. The van der Waals surface area contributed by atoms with E-state index in [1.165, 1.54) is 11.8 Å². The summed E-state index contributed by atoms with van der Waals surface area (Å²) >= 11 is 0. The third-order valence-electron chi connectivity index (χ3n) is 4.62. The molecule has 0 bridgehead atoms. The van der Waals surface area contributed by atoms with Gasteiger partial charge in [-0.05, 0) is 17.5 Å². The maximum Gasteiger partial charge on any atom is 0.239 e. The summed E-state index contributed by atoms with van der Waals surface area (Å²) in [4.78, 5) is 30.6. The fraction of sp³-hybridized carbons (Fsp3) is 0.286. The van der Waals surface area contributed by atoms with Crippen LogP contribution >= 0.6 is 0 Å². The summed E-state index contributed by atoms with van der Waals surface area (Å²) in [5, 5.41) is 8.59. The van der Waals surface area contributed by atoms with E-state index in [9.17, 15) is 14.0 Å². The van der Waals surface area contributed by atoms with Gasteiger partial charge in [-0.15, -0.1) is 0 Å². The van der Waals surface area contributed by atoms with Crippen molar-refractivity contribution in [1.29, 1.82) is 0 Å². The van der Waals surface area contributed by atoms with E-state index in [1.807, 2.05) is 30.3 Å². The number of amides is 2. The average molecular weight is 397 g/mol. The normalized spacial score (nSPS) is 11.9. The predicted octanol–water partition coefficient (Wildman–Crippen LogP) is 1.83. The summed E-state index contributed by atoms with van der Waals surface area (Å²) in [5.74, 6) is -0.835. The quantitative estimate of drug-likeness (QED) is 0.443. The summed E-state index contributed by atoms with van der Waals surface area (Å²) in [6.45, 7) is 2.68. The molecule has 0 aliphatic heterocycles. The lowest BCUT2D eigenvalue weighted by molar-refractivity contribution is -0.125. The van der Waals surface area contributed by atoms with Crippen molar-refractivity contribution in [2.45, 2.75) is 19.4 Å². The topological polar surface area (TPSA) is 98.9 Å². The zero-order valence-electron chi connectivity index (χ0n) is 16.2. The number of hydrogen-bond donors (Lipinski definition) is 4. The van der Waals surface area contributed by atoms with E-state index in [-0.39, 0.29) is 37.2 Å². The van der Waals surface area contributed by atoms with Crippen molar-refractivity contribution in [3.63, 3.8) is 0 Å². The van der Waals surface area contributed by atoms with Crippen molar-refractivity contribution in [2.75, 3.05) is 19.6 Å². The Labute approximate surface area is 168 Å². The van der Waals surface area contributed by atoms with Crippen molar-refractivity contribution in [3.8, 4) is 0 Å². The predicted molar refractivity (Wildman–Crippen MR) is 109 cm³/mol. The van der Waals surface area contributed by atoms with Crippen LogP contribution in [0, 0.1) is 5.82 Å². The second kappa shape index (κ2) is 9.79. The van der Waals surface area contributed by atoms with Gasteiger partial charge in [0.25, 0.3) is 0 Å². The Balaban J connectivity index is 1.35. The molecule has 0 spiro atoms. The molecule has 2 heterocycles. The molecule has 3 rings (SSSR count). The smallest absolute Gasteiger partial charge is 0.239 e. The molecular weight excluding hydrogens is 373 g/mol. The van der Waals surface area contributed by atoms with Crippen LogP contribution in [0.25, 0.3) is 10.9 Å². The summed E-state index contributed by atoms with van der Waals surface area (Å²) in [7, 11) is 0. The lowest BCUT2D eigenvalue weighted by Gasteiger charge is -2.13. The number of hydrogen-bond acceptors (Lipinski definition) is 4. The largest absolute Gasteiger partial charge is 0.354 e. The highest BCUT2D eigenvalue weighted by Gasteiger charge is 2.12. The fourth-order valence-electron chi connectivity index (χ4n) is 2.97. The van der Waals surface area contributed by atoms with Gasteiger partial charge in [0.1, 0.15) is 0 Å². The van der Waals surface area contributed by atoms with Crippen molar-refractivity contribution < 1.29 is 14.0 Å². The third-order valence-corrected chi connectivity index (χ3v) is 4.62. The molecule has 0 saturated carbocycles. The number of benzene rings is 1. The van der Waals surface area contributed by atoms with E-state index >= 15 is 0 Å². The maximum absolute atomic E-state index is 14.2. The van der Waals surface area contributed by atoms with Crippen LogP contribution in [0.2, 0.25) is 0 Å². The Hall–Kier alpha value is -3.26. The fourth-order valence-corrected chi connectivity index (χ4v) is 2.97. The highest BCUT2D eigenvalue weighted by Crippen LogP contribution is 2.19. The van der Waals surface area contributed by atoms with E-state index in [1.54, 1.807) is 12.3 Å². The molecule has 0 aliphatic rings. The first-order valence-corrected chi connectivity index (χ1v) is 9.43. The van der Waals surface area contributed by atoms with Crippen LogP contribution in [-0.4, -0.2) is 41.4 Å². The van der Waals surface area contributed by atoms with Gasteiger partial charge in [0, 0.05) is 18.9 Å². The molecular formula is C21H24FN5O2. The number of nitrogens with zero attached hydrogens (tertiary/aromatic N) is 1. The zero-order valence-corrected chi connectivity index (χ0v) is 16.2. The molecule has 0 saturated heterocycles. The van der Waals surface area contributed by atoms with Gasteiger partial charge in [0.15, 0.2) is 5.82 Å². The van der Waals surface area contributed by atoms with Crippen LogP contribution in [0.15, 0.2) is 48.8 Å². The third kappa shape index (κ3) is 5.61. The van der Waals surface area contributed by atoms with Crippen molar-refractivity contribution >= 4 is 22.7 Å². The monoisotopic (exact) mass is 397 g/mol. The van der Waals surface area contributed by atoms with Crippen LogP contribution in [0.1, 0.15) is 24.1 Å². The van der Waals surface area contributed by atoms with Gasteiger partial charge in [-0.2, -0.15) is 0 Å². The van der Waals surface area contributed by atoms with Gasteiger partial charge in [-0.1, -0.05) is 37.3 Å². The van der Waals surface area contributed by atoms with Crippen LogP contribution in [0.5, 0.6) is 0 Å². The number of halogens is 1. The Bertz CT molecular complexity index is 974. The molecule has 2 amide bonds. The lowest BCUT2D eigenvalue weighted by Crippen LogP contribution is -2.41. The van der Waals surface area contributed by atoms with Crippen molar-refractivity contribution in [1.82, 2.24) is 25.9 Å². The lowest BCUT2D eigenvalue weighted by atomic mass is 10.0. The molecule has 1 atom stereocenters. The number of carbonyl (C=O) groups excluding carboxylic acids is 2. The Morgan fingerprint density at radius 2 is 1.86 bits per heavy atom. The van der Waals surface area contributed by atoms with Gasteiger partial charge in [-0.3, -0.25) is 14.6 Å². The molecule has 2 aromatic heterocycles. The Morgan fingerprint density at radius 3 is 2.62 bits per heavy atom. The van der Waals surface area contributed by atoms with Gasteiger partial charge in [0.05, 0.1) is 36.2 Å². The minimum absolute atomic E-state index is 0.00204. The van der Waals surface area contributed by atoms with Gasteiger partial charge < -0.3 is 20.9 Å². The van der Waals surface area contributed by atoms with E-state index in [0.717, 1.165) is 0 Å². The van der Waals surface area contributed by atoms with E-state index in [0.29, 0.717) is 17.4 Å². The van der Waals surface area contributed by atoms with Crippen molar-refractivity contribution in [3.05, 3.63) is 65.9 Å². The highest BCUT2D eigenvalue weighted by molar-refractivity contribution is 5.85. The van der Waals surface area contributed by atoms with E-state index in [2.05, 4.69) is 32.8 Å². The maximum atomic E-state index is 14.2. The molecule has 8 heteroatoms. The second-order valence-electron chi connectivity index (χ2n) is 6.83. The molecule has 1 unspecified atom stereocenters. The number of fused-ring (bicyclic) bond motifs is 1.